The first-order chi connectivity index (χ1) is 12.1. The highest BCUT2D eigenvalue weighted by molar-refractivity contribution is 5.72. The summed E-state index contributed by atoms with van der Waals surface area (Å²) in [6, 6.07) is 4.02. The molecule has 0 aliphatic heterocycles. The van der Waals surface area contributed by atoms with Gasteiger partial charge in [-0.2, -0.15) is 13.2 Å². The molecule has 1 aromatic carbocycles. The molecule has 3 aromatic rings. The van der Waals surface area contributed by atoms with E-state index >= 15 is 0 Å². The maximum absolute atomic E-state index is 13.4. The van der Waals surface area contributed by atoms with E-state index in [-0.39, 0.29) is 11.4 Å². The Morgan fingerprint density at radius 2 is 1.92 bits per heavy atom. The molecule has 138 valence electrons. The van der Waals surface area contributed by atoms with Gasteiger partial charge >= 0.3 is 6.18 Å². The van der Waals surface area contributed by atoms with Gasteiger partial charge in [0.25, 0.3) is 0 Å². The fraction of sp³-hybridized carbons (Fsp3) is 0.294. The Kier molecular flexibility index (Phi) is 4.16. The highest BCUT2D eigenvalue weighted by atomic mass is 19.4. The second kappa shape index (κ2) is 5.96. The van der Waals surface area contributed by atoms with Gasteiger partial charge in [0.15, 0.2) is 17.1 Å². The predicted octanol–water partition coefficient (Wildman–Crippen LogP) is 2.30. The quantitative estimate of drug-likeness (QED) is 0.661. The fourth-order valence-electron chi connectivity index (χ4n) is 2.89. The van der Waals surface area contributed by atoms with Crippen molar-refractivity contribution in [1.29, 1.82) is 0 Å². The summed E-state index contributed by atoms with van der Waals surface area (Å²) in [5.74, 6) is 0.221. The van der Waals surface area contributed by atoms with Crippen molar-refractivity contribution in [2.24, 2.45) is 5.73 Å². The molecule has 2 heterocycles. The van der Waals surface area contributed by atoms with Gasteiger partial charge in [0.1, 0.15) is 0 Å². The van der Waals surface area contributed by atoms with Crippen molar-refractivity contribution in [3.63, 3.8) is 0 Å². The number of alkyl halides is 3. The van der Waals surface area contributed by atoms with Crippen LogP contribution in [0.3, 0.4) is 0 Å². The van der Waals surface area contributed by atoms with Crippen LogP contribution < -0.4 is 11.5 Å². The van der Waals surface area contributed by atoms with E-state index in [4.69, 9.17) is 11.5 Å². The van der Waals surface area contributed by atoms with Crippen LogP contribution in [0.4, 0.5) is 19.0 Å². The summed E-state index contributed by atoms with van der Waals surface area (Å²) in [5.41, 5.74) is 10.4. The average molecular weight is 365 g/mol. The largest absolute Gasteiger partial charge is 0.422 e. The topological polar surface area (TPSA) is 102 Å². The molecule has 5 N–H and O–H groups in total. The molecule has 6 nitrogen and oxygen atoms in total. The number of anilines is 1. The lowest BCUT2D eigenvalue weighted by Crippen LogP contribution is -2.48. The zero-order valence-corrected chi connectivity index (χ0v) is 14.2. The Bertz CT molecular complexity index is 982. The average Bonchev–Trinajstić information content (AvgIpc) is 2.97. The Labute approximate surface area is 147 Å². The van der Waals surface area contributed by atoms with Gasteiger partial charge in [-0.15, -0.1) is 0 Å². The first-order valence-corrected chi connectivity index (χ1v) is 7.79. The van der Waals surface area contributed by atoms with Crippen molar-refractivity contribution in [2.45, 2.75) is 25.6 Å². The number of rotatable bonds is 3. The minimum absolute atomic E-state index is 0.221. The van der Waals surface area contributed by atoms with Crippen molar-refractivity contribution in [2.75, 3.05) is 12.3 Å². The number of nitrogen functional groups attached to an aromatic ring is 1. The molecule has 3 rings (SSSR count). The molecule has 0 aliphatic carbocycles. The lowest BCUT2D eigenvalue weighted by atomic mass is 9.90. The van der Waals surface area contributed by atoms with Crippen LogP contribution in [0.2, 0.25) is 0 Å². The normalized spacial score (nSPS) is 14.6. The smallest absolute Gasteiger partial charge is 0.381 e. The van der Waals surface area contributed by atoms with Crippen LogP contribution in [-0.2, 0) is 5.60 Å². The number of nitrogens with zero attached hydrogens (tertiary/aromatic N) is 3. The van der Waals surface area contributed by atoms with Gasteiger partial charge < -0.3 is 16.6 Å². The summed E-state index contributed by atoms with van der Waals surface area (Å²) in [5, 5.41) is 10.1. The van der Waals surface area contributed by atoms with E-state index in [1.54, 1.807) is 24.4 Å². The number of halogens is 3. The summed E-state index contributed by atoms with van der Waals surface area (Å²) >= 11 is 0. The standard InChI is InChI=1S/C17H18F3N5O/c1-9-3-4-11(16(26,8-21)17(18,19)20)5-12(9)13-6-23-15-14(22)24-10(2)7-25(13)15/h3-7,26H,8,21H2,1-2H3,(H2,22,24). The number of fused-ring (bicyclic) bond motifs is 1. The summed E-state index contributed by atoms with van der Waals surface area (Å²) in [7, 11) is 0. The molecule has 0 bridgehead atoms. The van der Waals surface area contributed by atoms with E-state index in [2.05, 4.69) is 9.97 Å². The van der Waals surface area contributed by atoms with Gasteiger partial charge in [-0.1, -0.05) is 12.1 Å². The van der Waals surface area contributed by atoms with Crippen LogP contribution in [0.25, 0.3) is 16.9 Å². The fourth-order valence-corrected chi connectivity index (χ4v) is 2.89. The zero-order chi connectivity index (χ0) is 19.3. The van der Waals surface area contributed by atoms with E-state index in [0.717, 1.165) is 0 Å². The van der Waals surface area contributed by atoms with E-state index < -0.39 is 18.3 Å². The second-order valence-electron chi connectivity index (χ2n) is 6.20. The van der Waals surface area contributed by atoms with Crippen LogP contribution in [0.5, 0.6) is 0 Å². The highest BCUT2D eigenvalue weighted by Gasteiger charge is 2.54. The zero-order valence-electron chi connectivity index (χ0n) is 14.2. The van der Waals surface area contributed by atoms with E-state index in [0.29, 0.717) is 28.2 Å². The third-order valence-electron chi connectivity index (χ3n) is 4.39. The third kappa shape index (κ3) is 2.69. The van der Waals surface area contributed by atoms with E-state index in [1.165, 1.54) is 24.4 Å². The lowest BCUT2D eigenvalue weighted by Gasteiger charge is -2.30. The van der Waals surface area contributed by atoms with Crippen LogP contribution in [-0.4, -0.2) is 32.2 Å². The number of nitrogens with two attached hydrogens (primary N) is 2. The molecule has 0 fully saturated rings. The molecule has 2 aromatic heterocycles. The molecule has 0 spiro atoms. The number of benzene rings is 1. The summed E-state index contributed by atoms with van der Waals surface area (Å²) in [4.78, 5) is 8.33. The lowest BCUT2D eigenvalue weighted by molar-refractivity contribution is -0.262. The second-order valence-corrected chi connectivity index (χ2v) is 6.20. The summed E-state index contributed by atoms with van der Waals surface area (Å²) < 4.78 is 41.7. The Balaban J connectivity index is 2.25. The number of hydrogen-bond acceptors (Lipinski definition) is 5. The van der Waals surface area contributed by atoms with Crippen molar-refractivity contribution >= 4 is 11.5 Å². The summed E-state index contributed by atoms with van der Waals surface area (Å²) in [6.07, 6.45) is -1.70. The Hall–Kier alpha value is -2.65. The molecule has 26 heavy (non-hydrogen) atoms. The molecule has 0 radical (unpaired) electrons. The van der Waals surface area contributed by atoms with Gasteiger partial charge in [0.05, 0.1) is 17.6 Å². The minimum atomic E-state index is -4.90. The predicted molar refractivity (Wildman–Crippen MR) is 91.3 cm³/mol. The van der Waals surface area contributed by atoms with Crippen molar-refractivity contribution < 1.29 is 18.3 Å². The minimum Gasteiger partial charge on any atom is -0.381 e. The van der Waals surface area contributed by atoms with E-state index in [1.807, 2.05) is 0 Å². The van der Waals surface area contributed by atoms with Gasteiger partial charge in [0.2, 0.25) is 0 Å². The van der Waals surface area contributed by atoms with Crippen LogP contribution in [0.1, 0.15) is 16.8 Å². The number of aliphatic hydroxyl groups is 1. The van der Waals surface area contributed by atoms with Gasteiger partial charge in [0, 0.05) is 18.3 Å². The number of aryl methyl sites for hydroxylation is 2. The highest BCUT2D eigenvalue weighted by Crippen LogP contribution is 2.40. The van der Waals surface area contributed by atoms with Gasteiger partial charge in [-0.25, -0.2) is 9.97 Å². The van der Waals surface area contributed by atoms with Crippen LogP contribution in [0.15, 0.2) is 30.6 Å². The van der Waals surface area contributed by atoms with Crippen molar-refractivity contribution in [3.05, 3.63) is 47.4 Å². The monoisotopic (exact) mass is 365 g/mol. The van der Waals surface area contributed by atoms with Gasteiger partial charge in [-0.3, -0.25) is 4.40 Å². The molecule has 1 unspecified atom stereocenters. The number of aromatic nitrogens is 3. The first kappa shape index (κ1) is 18.2. The van der Waals surface area contributed by atoms with Crippen molar-refractivity contribution in [1.82, 2.24) is 14.4 Å². The molecular weight excluding hydrogens is 347 g/mol. The molecule has 0 saturated heterocycles. The van der Waals surface area contributed by atoms with Crippen LogP contribution >= 0.6 is 0 Å². The Morgan fingerprint density at radius 3 is 2.54 bits per heavy atom. The van der Waals surface area contributed by atoms with Crippen LogP contribution in [0, 0.1) is 13.8 Å². The summed E-state index contributed by atoms with van der Waals surface area (Å²) in [6.45, 7) is 2.52. The number of hydrogen-bond donors (Lipinski definition) is 3. The molecule has 9 heteroatoms. The Morgan fingerprint density at radius 1 is 1.23 bits per heavy atom. The molecule has 0 aliphatic rings. The molecular formula is C17H18F3N5O. The first-order valence-electron chi connectivity index (χ1n) is 7.79. The van der Waals surface area contributed by atoms with Gasteiger partial charge in [-0.05, 0) is 31.0 Å². The molecule has 0 amide bonds. The maximum Gasteiger partial charge on any atom is 0.422 e. The molecule has 1 atom stereocenters. The SMILES string of the molecule is Cc1cn2c(-c3cc(C(O)(CN)C(F)(F)F)ccc3C)cnc2c(N)n1. The maximum atomic E-state index is 13.4. The number of imidazole rings is 1. The third-order valence-corrected chi connectivity index (χ3v) is 4.39. The van der Waals surface area contributed by atoms with E-state index in [9.17, 15) is 18.3 Å². The molecule has 0 saturated carbocycles. The van der Waals surface area contributed by atoms with Crippen molar-refractivity contribution in [3.8, 4) is 11.3 Å².